The Hall–Kier alpha value is -1.17. The highest BCUT2D eigenvalue weighted by Gasteiger charge is 2.34. The zero-order chi connectivity index (χ0) is 13.1. The Morgan fingerprint density at radius 3 is 1.94 bits per heavy atom. The molecular weight excluding hydrogens is 230 g/mol. The highest BCUT2D eigenvalue weighted by Crippen LogP contribution is 2.26. The number of carbonyl (C=O) groups is 2. The van der Waals surface area contributed by atoms with Gasteiger partial charge in [0.05, 0.1) is 10.8 Å². The molecular formula is C10H17NO4S. The molecule has 16 heavy (non-hydrogen) atoms. The molecule has 0 aliphatic carbocycles. The number of Topliss-reactive ketones (excluding diaryl/α,β-unsaturated/α-hetero) is 1. The molecule has 0 heterocycles. The molecule has 1 amide bonds. The number of primary amides is 1. The van der Waals surface area contributed by atoms with Crippen LogP contribution >= 0.6 is 0 Å². The molecule has 0 fully saturated rings. The molecule has 0 aromatic carbocycles. The van der Waals surface area contributed by atoms with Gasteiger partial charge >= 0.3 is 0 Å². The summed E-state index contributed by atoms with van der Waals surface area (Å²) in [5.74, 6) is -0.916. The third-order valence-corrected chi connectivity index (χ3v) is 3.16. The van der Waals surface area contributed by atoms with Gasteiger partial charge in [-0.3, -0.25) is 9.59 Å². The minimum absolute atomic E-state index is 0.0803. The van der Waals surface area contributed by atoms with E-state index < -0.39 is 27.0 Å². The highest BCUT2D eigenvalue weighted by molar-refractivity contribution is 7.71. The van der Waals surface area contributed by atoms with Gasteiger partial charge in [-0.05, 0) is 13.8 Å². The smallest absolute Gasteiger partial charge is 0.223 e. The van der Waals surface area contributed by atoms with E-state index in [1.165, 1.54) is 13.8 Å². The van der Waals surface area contributed by atoms with Gasteiger partial charge in [0.1, 0.15) is 5.78 Å². The van der Waals surface area contributed by atoms with E-state index in [-0.39, 0.29) is 12.2 Å². The Morgan fingerprint density at radius 2 is 1.62 bits per heavy atom. The zero-order valence-corrected chi connectivity index (χ0v) is 10.7. The fraction of sp³-hybridized carbons (Fsp3) is 0.700. The second-order valence-electron chi connectivity index (χ2n) is 4.95. The van der Waals surface area contributed by atoms with Crippen LogP contribution in [0.5, 0.6) is 0 Å². The number of hydrogen-bond acceptors (Lipinski definition) is 4. The number of hydrogen-bond donors (Lipinski definition) is 1. The van der Waals surface area contributed by atoms with Gasteiger partial charge in [0.2, 0.25) is 16.2 Å². The van der Waals surface area contributed by atoms with Crippen molar-refractivity contribution in [3.8, 4) is 0 Å². The van der Waals surface area contributed by atoms with E-state index in [2.05, 4.69) is 0 Å². The van der Waals surface area contributed by atoms with Crippen molar-refractivity contribution >= 4 is 27.4 Å². The number of rotatable bonds is 5. The molecule has 0 unspecified atom stereocenters. The average Bonchev–Trinajstić information content (AvgIpc) is 1.99. The molecule has 5 nitrogen and oxygen atoms in total. The minimum Gasteiger partial charge on any atom is -0.369 e. The molecule has 0 atom stereocenters. The van der Waals surface area contributed by atoms with E-state index in [0.717, 1.165) is 5.37 Å². The van der Waals surface area contributed by atoms with Crippen LogP contribution in [0.15, 0.2) is 0 Å². The first-order valence-corrected chi connectivity index (χ1v) is 5.90. The van der Waals surface area contributed by atoms with Gasteiger partial charge in [0.25, 0.3) is 0 Å². The van der Waals surface area contributed by atoms with Gasteiger partial charge in [0, 0.05) is 11.8 Å². The SMILES string of the molecule is CC(C)(C=S(=O)=O)C(=O)CC(C)(C)C(N)=O. The quantitative estimate of drug-likeness (QED) is 0.700. The number of carbonyl (C=O) groups excluding carboxylic acids is 2. The Bertz CT molecular complexity index is 424. The van der Waals surface area contributed by atoms with Crippen LogP contribution in [0.3, 0.4) is 0 Å². The standard InChI is InChI=1S/C10H17NO4S/c1-9(2,8(11)13)5-7(12)10(3,4)6-16(14)15/h6H,5H2,1-4H3,(H2,11,13). The van der Waals surface area contributed by atoms with Gasteiger partial charge in [0.15, 0.2) is 0 Å². The summed E-state index contributed by atoms with van der Waals surface area (Å²) in [7, 11) is -2.41. The van der Waals surface area contributed by atoms with E-state index in [0.29, 0.717) is 0 Å². The third-order valence-electron chi connectivity index (χ3n) is 2.38. The van der Waals surface area contributed by atoms with Crippen LogP contribution in [0.25, 0.3) is 0 Å². The molecule has 0 rings (SSSR count). The summed E-state index contributed by atoms with van der Waals surface area (Å²) in [4.78, 5) is 22.9. The Labute approximate surface area is 96.5 Å². The maximum Gasteiger partial charge on any atom is 0.223 e. The summed E-state index contributed by atoms with van der Waals surface area (Å²) < 4.78 is 21.0. The summed E-state index contributed by atoms with van der Waals surface area (Å²) in [5, 5.41) is 0.923. The Balaban J connectivity index is 4.99. The monoisotopic (exact) mass is 247 g/mol. The van der Waals surface area contributed by atoms with E-state index in [9.17, 15) is 18.0 Å². The molecule has 0 aliphatic heterocycles. The van der Waals surface area contributed by atoms with Gasteiger partial charge in [-0.25, -0.2) is 0 Å². The van der Waals surface area contributed by atoms with Crippen molar-refractivity contribution in [2.75, 3.05) is 0 Å². The highest BCUT2D eigenvalue weighted by atomic mass is 32.2. The summed E-state index contributed by atoms with van der Waals surface area (Å²) in [5.41, 5.74) is 3.06. The molecule has 0 radical (unpaired) electrons. The van der Waals surface area contributed by atoms with Crippen LogP contribution in [0.2, 0.25) is 0 Å². The fourth-order valence-electron chi connectivity index (χ4n) is 1.02. The first-order chi connectivity index (χ1) is 6.99. The average molecular weight is 247 g/mol. The number of amides is 1. The predicted molar refractivity (Wildman–Crippen MR) is 61.4 cm³/mol. The lowest BCUT2D eigenvalue weighted by molar-refractivity contribution is -0.133. The second kappa shape index (κ2) is 4.78. The van der Waals surface area contributed by atoms with Gasteiger partial charge < -0.3 is 5.73 Å². The van der Waals surface area contributed by atoms with Gasteiger partial charge in [-0.15, -0.1) is 0 Å². The van der Waals surface area contributed by atoms with Crippen LogP contribution in [-0.2, 0) is 19.9 Å². The van der Waals surface area contributed by atoms with Crippen molar-refractivity contribution in [2.45, 2.75) is 34.1 Å². The normalized spacial score (nSPS) is 12.0. The van der Waals surface area contributed by atoms with Crippen molar-refractivity contribution in [3.63, 3.8) is 0 Å². The second-order valence-corrected chi connectivity index (χ2v) is 5.70. The van der Waals surface area contributed by atoms with Crippen molar-refractivity contribution in [2.24, 2.45) is 16.6 Å². The molecule has 2 N–H and O–H groups in total. The fourth-order valence-corrected chi connectivity index (χ4v) is 1.64. The van der Waals surface area contributed by atoms with Crippen LogP contribution in [-0.4, -0.2) is 25.5 Å². The number of ketones is 1. The van der Waals surface area contributed by atoms with Crippen LogP contribution in [0.1, 0.15) is 34.1 Å². The summed E-state index contributed by atoms with van der Waals surface area (Å²) in [6.45, 7) is 6.08. The molecule has 0 spiro atoms. The van der Waals surface area contributed by atoms with E-state index in [4.69, 9.17) is 5.73 Å². The van der Waals surface area contributed by atoms with Crippen LogP contribution < -0.4 is 5.73 Å². The van der Waals surface area contributed by atoms with E-state index in [1.807, 2.05) is 0 Å². The summed E-state index contributed by atoms with van der Waals surface area (Å²) in [6.07, 6.45) is -0.0803. The predicted octanol–water partition coefficient (Wildman–Crippen LogP) is 0.165. The first kappa shape index (κ1) is 14.8. The minimum atomic E-state index is -2.41. The largest absolute Gasteiger partial charge is 0.369 e. The molecule has 6 heteroatoms. The topological polar surface area (TPSA) is 94.3 Å². The molecule has 0 saturated heterocycles. The molecule has 0 aromatic rings. The lowest BCUT2D eigenvalue weighted by Gasteiger charge is -2.24. The van der Waals surface area contributed by atoms with E-state index in [1.54, 1.807) is 13.8 Å². The lowest BCUT2D eigenvalue weighted by Crippen LogP contribution is -2.38. The first-order valence-electron chi connectivity index (χ1n) is 4.76. The van der Waals surface area contributed by atoms with Crippen molar-refractivity contribution in [1.29, 1.82) is 0 Å². The Kier molecular flexibility index (Phi) is 4.43. The van der Waals surface area contributed by atoms with E-state index >= 15 is 0 Å². The molecule has 0 saturated carbocycles. The third kappa shape index (κ3) is 4.14. The van der Waals surface area contributed by atoms with Crippen LogP contribution in [0, 0.1) is 10.8 Å². The summed E-state index contributed by atoms with van der Waals surface area (Å²) >= 11 is 0. The Morgan fingerprint density at radius 1 is 1.19 bits per heavy atom. The van der Waals surface area contributed by atoms with Crippen molar-refractivity contribution in [3.05, 3.63) is 0 Å². The summed E-state index contributed by atoms with van der Waals surface area (Å²) in [6, 6.07) is 0. The van der Waals surface area contributed by atoms with Gasteiger partial charge in [-0.1, -0.05) is 13.8 Å². The lowest BCUT2D eigenvalue weighted by atomic mass is 9.78. The molecule has 0 aliphatic rings. The molecule has 0 aromatic heterocycles. The van der Waals surface area contributed by atoms with Crippen LogP contribution in [0.4, 0.5) is 0 Å². The maximum atomic E-state index is 11.8. The van der Waals surface area contributed by atoms with Crippen molar-refractivity contribution in [1.82, 2.24) is 0 Å². The zero-order valence-electron chi connectivity index (χ0n) is 9.90. The molecule has 0 bridgehead atoms. The maximum absolute atomic E-state index is 11.8. The number of nitrogens with two attached hydrogens (primary N) is 1. The van der Waals surface area contributed by atoms with Crippen molar-refractivity contribution < 1.29 is 18.0 Å². The molecule has 92 valence electrons. The van der Waals surface area contributed by atoms with Gasteiger partial charge in [-0.2, -0.15) is 8.42 Å².